The SMILES string of the molecule is CC[C@@H]1OCC(=O)[C@H]1NC(=O)[C@H](CC1(C)CCCC1)NC(=O)c1ccc(NS(=O)(=O)c2sc(C)nc2C)cc1. The van der Waals surface area contributed by atoms with Crippen molar-refractivity contribution in [3.05, 3.63) is 40.5 Å². The molecule has 2 aromatic rings. The zero-order valence-electron chi connectivity index (χ0n) is 22.7. The highest BCUT2D eigenvalue weighted by Gasteiger charge is 2.40. The number of carbonyl (C=O) groups excluding carboxylic acids is 3. The number of hydrogen-bond acceptors (Lipinski definition) is 8. The number of aryl methyl sites for hydroxylation is 2. The van der Waals surface area contributed by atoms with Crippen LogP contribution in [0.1, 0.15) is 73.4 Å². The molecule has 1 saturated heterocycles. The van der Waals surface area contributed by atoms with Crippen molar-refractivity contribution in [1.82, 2.24) is 15.6 Å². The first kappa shape index (κ1) is 29.2. The molecule has 0 radical (unpaired) electrons. The van der Waals surface area contributed by atoms with Crippen LogP contribution in [0.2, 0.25) is 0 Å². The van der Waals surface area contributed by atoms with Crippen molar-refractivity contribution in [1.29, 1.82) is 0 Å². The molecule has 1 saturated carbocycles. The number of benzene rings is 1. The summed E-state index contributed by atoms with van der Waals surface area (Å²) in [5, 5.41) is 6.34. The smallest absolute Gasteiger partial charge is 0.273 e. The quantitative estimate of drug-likeness (QED) is 0.393. The van der Waals surface area contributed by atoms with Gasteiger partial charge in [0.2, 0.25) is 5.91 Å². The lowest BCUT2D eigenvalue weighted by Gasteiger charge is -2.30. The summed E-state index contributed by atoms with van der Waals surface area (Å²) in [7, 11) is -3.81. The van der Waals surface area contributed by atoms with Crippen LogP contribution in [0.5, 0.6) is 0 Å². The predicted octanol–water partition coefficient (Wildman–Crippen LogP) is 3.49. The van der Waals surface area contributed by atoms with Crippen LogP contribution >= 0.6 is 11.3 Å². The van der Waals surface area contributed by atoms with E-state index in [0.29, 0.717) is 29.2 Å². The molecule has 0 bridgehead atoms. The Morgan fingerprint density at radius 2 is 1.85 bits per heavy atom. The molecule has 212 valence electrons. The molecule has 2 aliphatic rings. The van der Waals surface area contributed by atoms with E-state index in [2.05, 4.69) is 27.3 Å². The zero-order valence-corrected chi connectivity index (χ0v) is 24.3. The Kier molecular flexibility index (Phi) is 8.77. The molecular weight excluding hydrogens is 540 g/mol. The lowest BCUT2D eigenvalue weighted by Crippen LogP contribution is -2.54. The average Bonchev–Trinajstić information content (AvgIpc) is 3.57. The lowest BCUT2D eigenvalue weighted by molar-refractivity contribution is -0.128. The molecular formula is C27H36N4O6S2. The fourth-order valence-electron chi connectivity index (χ4n) is 5.39. The van der Waals surface area contributed by atoms with Gasteiger partial charge < -0.3 is 15.4 Å². The number of Topliss-reactive ketones (excluding diaryl/α,β-unsaturated/α-hetero) is 1. The number of ketones is 1. The minimum Gasteiger partial charge on any atom is -0.368 e. The zero-order chi connectivity index (χ0) is 28.4. The highest BCUT2D eigenvalue weighted by molar-refractivity contribution is 7.94. The maximum atomic E-state index is 13.4. The molecule has 0 unspecified atom stereocenters. The maximum absolute atomic E-state index is 13.4. The molecule has 0 spiro atoms. The third kappa shape index (κ3) is 6.85. The molecule has 3 N–H and O–H groups in total. The standard InChI is InChI=1S/C27H36N4O6S2/c1-5-22-23(21(32)15-37-22)30-25(34)20(14-27(4)12-6-7-13-27)29-24(33)18-8-10-19(11-9-18)31-39(35,36)26-16(2)28-17(3)38-26/h8-11,20,22-23,31H,5-7,12-15H2,1-4H3,(H,29,33)(H,30,34)/t20-,22-,23+/m0/s1. The number of nitrogens with one attached hydrogen (secondary N) is 3. The van der Waals surface area contributed by atoms with Crippen LogP contribution < -0.4 is 15.4 Å². The molecule has 2 heterocycles. The van der Waals surface area contributed by atoms with E-state index >= 15 is 0 Å². The van der Waals surface area contributed by atoms with E-state index in [1.54, 1.807) is 13.8 Å². The van der Waals surface area contributed by atoms with Crippen molar-refractivity contribution in [2.24, 2.45) is 5.41 Å². The maximum Gasteiger partial charge on any atom is 0.273 e. The number of aromatic nitrogens is 1. The van der Waals surface area contributed by atoms with Crippen molar-refractivity contribution in [2.75, 3.05) is 11.3 Å². The number of thiazole rings is 1. The van der Waals surface area contributed by atoms with E-state index in [-0.39, 0.29) is 33.7 Å². The Bertz CT molecular complexity index is 1330. The molecule has 1 aromatic carbocycles. The summed E-state index contributed by atoms with van der Waals surface area (Å²) < 4.78 is 33.7. The van der Waals surface area contributed by atoms with Crippen LogP contribution in [0.4, 0.5) is 5.69 Å². The summed E-state index contributed by atoms with van der Waals surface area (Å²) in [4.78, 5) is 43.0. The molecule has 12 heteroatoms. The first-order valence-corrected chi connectivity index (χ1v) is 15.5. The van der Waals surface area contributed by atoms with Crippen molar-refractivity contribution in [3.63, 3.8) is 0 Å². The van der Waals surface area contributed by atoms with Crippen molar-refractivity contribution in [3.8, 4) is 0 Å². The molecule has 2 fully saturated rings. The molecule has 1 aromatic heterocycles. The molecule has 3 atom stereocenters. The summed E-state index contributed by atoms with van der Waals surface area (Å²) in [6.07, 6.45) is 4.73. The van der Waals surface area contributed by atoms with E-state index in [0.717, 1.165) is 37.0 Å². The van der Waals surface area contributed by atoms with Gasteiger partial charge in [0.1, 0.15) is 18.7 Å². The third-order valence-electron chi connectivity index (χ3n) is 7.49. The molecule has 39 heavy (non-hydrogen) atoms. The minimum absolute atomic E-state index is 0.0313. The minimum atomic E-state index is -3.81. The van der Waals surface area contributed by atoms with Crippen LogP contribution in [-0.4, -0.2) is 55.8 Å². The highest BCUT2D eigenvalue weighted by atomic mass is 32.2. The van der Waals surface area contributed by atoms with Gasteiger partial charge in [0.05, 0.1) is 16.8 Å². The van der Waals surface area contributed by atoms with Crippen molar-refractivity contribution in [2.45, 2.75) is 88.6 Å². The monoisotopic (exact) mass is 576 g/mol. The van der Waals surface area contributed by atoms with Crippen LogP contribution in [0.25, 0.3) is 0 Å². The van der Waals surface area contributed by atoms with Crippen molar-refractivity contribution < 1.29 is 27.5 Å². The van der Waals surface area contributed by atoms with Gasteiger partial charge in [0.15, 0.2) is 9.99 Å². The topological polar surface area (TPSA) is 144 Å². The number of amides is 2. The Morgan fingerprint density at radius 3 is 2.44 bits per heavy atom. The van der Waals surface area contributed by atoms with Crippen LogP contribution in [0.3, 0.4) is 0 Å². The molecule has 1 aliphatic heterocycles. The summed E-state index contributed by atoms with van der Waals surface area (Å²) in [5.74, 6) is -1.03. The van der Waals surface area contributed by atoms with Gasteiger partial charge in [-0.05, 0) is 69.2 Å². The van der Waals surface area contributed by atoms with Crippen molar-refractivity contribution >= 4 is 44.6 Å². The lowest BCUT2D eigenvalue weighted by atomic mass is 9.81. The van der Waals surface area contributed by atoms with E-state index in [1.807, 2.05) is 6.92 Å². The second-order valence-corrected chi connectivity index (χ2v) is 13.8. The second kappa shape index (κ2) is 11.7. The number of rotatable bonds is 10. The van der Waals surface area contributed by atoms with Crippen LogP contribution in [0.15, 0.2) is 28.5 Å². The fourth-order valence-corrected chi connectivity index (χ4v) is 7.94. The fraction of sp³-hybridized carbons (Fsp3) is 0.556. The number of carbonyl (C=O) groups is 3. The van der Waals surface area contributed by atoms with Gasteiger partial charge in [0.25, 0.3) is 15.9 Å². The average molecular weight is 577 g/mol. The van der Waals surface area contributed by atoms with Crippen LogP contribution in [0, 0.1) is 19.3 Å². The van der Waals surface area contributed by atoms with Gasteiger partial charge in [-0.1, -0.05) is 26.7 Å². The number of ether oxygens (including phenoxy) is 1. The molecule has 4 rings (SSSR count). The van der Waals surface area contributed by atoms with Gasteiger partial charge in [0, 0.05) is 11.3 Å². The first-order valence-electron chi connectivity index (χ1n) is 13.2. The van der Waals surface area contributed by atoms with E-state index in [1.165, 1.54) is 24.3 Å². The predicted molar refractivity (Wildman–Crippen MR) is 148 cm³/mol. The molecule has 2 amide bonds. The molecule has 1 aliphatic carbocycles. The number of hydrogen-bond donors (Lipinski definition) is 3. The Hall–Kier alpha value is -2.83. The van der Waals surface area contributed by atoms with Gasteiger partial charge >= 0.3 is 0 Å². The summed E-state index contributed by atoms with van der Waals surface area (Å²) in [6.45, 7) is 7.37. The largest absolute Gasteiger partial charge is 0.368 e. The van der Waals surface area contributed by atoms with Gasteiger partial charge in [-0.15, -0.1) is 11.3 Å². The van der Waals surface area contributed by atoms with Gasteiger partial charge in [-0.25, -0.2) is 13.4 Å². The number of nitrogens with zero attached hydrogens (tertiary/aromatic N) is 1. The Morgan fingerprint density at radius 1 is 1.18 bits per heavy atom. The van der Waals surface area contributed by atoms with E-state index in [4.69, 9.17) is 4.74 Å². The van der Waals surface area contributed by atoms with Gasteiger partial charge in [-0.2, -0.15) is 0 Å². The summed E-state index contributed by atoms with van der Waals surface area (Å²) in [5.41, 5.74) is 0.918. The first-order chi connectivity index (χ1) is 18.4. The Balaban J connectivity index is 1.47. The highest BCUT2D eigenvalue weighted by Crippen LogP contribution is 2.41. The van der Waals surface area contributed by atoms with Gasteiger partial charge in [-0.3, -0.25) is 19.1 Å². The third-order valence-corrected chi connectivity index (χ3v) is 10.6. The second-order valence-electron chi connectivity index (χ2n) is 10.7. The number of sulfonamides is 1. The normalized spacial score (nSPS) is 21.5. The number of anilines is 1. The van der Waals surface area contributed by atoms with Crippen LogP contribution in [-0.2, 0) is 24.3 Å². The van der Waals surface area contributed by atoms with E-state index < -0.39 is 33.9 Å². The summed E-state index contributed by atoms with van der Waals surface area (Å²) in [6, 6.07) is 4.46. The summed E-state index contributed by atoms with van der Waals surface area (Å²) >= 11 is 1.09. The van der Waals surface area contributed by atoms with E-state index in [9.17, 15) is 22.8 Å². The molecule has 10 nitrogen and oxygen atoms in total. The Labute approximate surface area is 233 Å².